The van der Waals surface area contributed by atoms with Gasteiger partial charge < -0.3 is 5.32 Å². The highest BCUT2D eigenvalue weighted by molar-refractivity contribution is 9.09. The largest absolute Gasteiger partial charge is 0.352 e. The van der Waals surface area contributed by atoms with Crippen molar-refractivity contribution in [2.24, 2.45) is 0 Å². The maximum Gasteiger partial charge on any atom is 0.224 e. The van der Waals surface area contributed by atoms with Crippen molar-refractivity contribution < 1.29 is 4.79 Å². The fourth-order valence-corrected chi connectivity index (χ4v) is 3.10. The van der Waals surface area contributed by atoms with Crippen LogP contribution >= 0.6 is 27.5 Å². The predicted octanol–water partition coefficient (Wildman–Crippen LogP) is 3.31. The van der Waals surface area contributed by atoms with Gasteiger partial charge in [0, 0.05) is 15.9 Å². The summed E-state index contributed by atoms with van der Waals surface area (Å²) >= 11 is 9.48. The van der Waals surface area contributed by atoms with Crippen molar-refractivity contribution in [3.8, 4) is 0 Å². The molecule has 0 aromatic heterocycles. The maximum atomic E-state index is 11.9. The zero-order valence-corrected chi connectivity index (χ0v) is 11.8. The molecule has 0 bridgehead atoms. The summed E-state index contributed by atoms with van der Waals surface area (Å²) in [6.07, 6.45) is 3.79. The van der Waals surface area contributed by atoms with Crippen molar-refractivity contribution in [1.82, 2.24) is 5.32 Å². The number of amides is 1. The van der Waals surface area contributed by atoms with E-state index in [-0.39, 0.29) is 11.9 Å². The van der Waals surface area contributed by atoms with Gasteiger partial charge in [0.15, 0.2) is 0 Å². The van der Waals surface area contributed by atoms with Crippen molar-refractivity contribution in [1.29, 1.82) is 0 Å². The smallest absolute Gasteiger partial charge is 0.224 e. The number of hydrogen-bond acceptors (Lipinski definition) is 1. The quantitative estimate of drug-likeness (QED) is 0.852. The Hall–Kier alpha value is -0.540. The highest BCUT2D eigenvalue weighted by Gasteiger charge is 2.25. The second kappa shape index (κ2) is 5.87. The Bertz CT molecular complexity index is 410. The maximum absolute atomic E-state index is 11.9. The third-order valence-corrected chi connectivity index (χ3v) is 4.36. The fraction of sp³-hybridized carbons (Fsp3) is 0.462. The molecule has 92 valence electrons. The molecule has 4 heteroatoms. The lowest BCUT2D eigenvalue weighted by atomic mass is 10.1. The molecular weight excluding hydrogens is 302 g/mol. The van der Waals surface area contributed by atoms with E-state index in [1.807, 2.05) is 24.3 Å². The molecule has 1 fully saturated rings. The molecule has 17 heavy (non-hydrogen) atoms. The first-order chi connectivity index (χ1) is 8.15. The predicted molar refractivity (Wildman–Crippen MR) is 73.7 cm³/mol. The summed E-state index contributed by atoms with van der Waals surface area (Å²) in [6.45, 7) is 0. The molecule has 1 aromatic rings. The van der Waals surface area contributed by atoms with Gasteiger partial charge in [-0.25, -0.2) is 0 Å². The molecule has 1 aliphatic rings. The Morgan fingerprint density at radius 1 is 1.47 bits per heavy atom. The number of nitrogens with one attached hydrogen (secondary N) is 1. The van der Waals surface area contributed by atoms with E-state index < -0.39 is 0 Å². The molecule has 2 atom stereocenters. The van der Waals surface area contributed by atoms with Crippen LogP contribution in [0.1, 0.15) is 24.8 Å². The van der Waals surface area contributed by atoms with Gasteiger partial charge in [-0.15, -0.1) is 0 Å². The molecule has 1 N–H and O–H groups in total. The van der Waals surface area contributed by atoms with E-state index in [2.05, 4.69) is 21.2 Å². The summed E-state index contributed by atoms with van der Waals surface area (Å²) in [5.41, 5.74) is 0.958. The van der Waals surface area contributed by atoms with Crippen molar-refractivity contribution in [2.75, 3.05) is 0 Å². The van der Waals surface area contributed by atoms with Crippen LogP contribution in [0.15, 0.2) is 24.3 Å². The lowest BCUT2D eigenvalue weighted by Gasteiger charge is -2.16. The van der Waals surface area contributed by atoms with Crippen LogP contribution in [0.4, 0.5) is 0 Å². The first-order valence-electron chi connectivity index (χ1n) is 5.83. The minimum atomic E-state index is 0.0728. The third kappa shape index (κ3) is 3.71. The van der Waals surface area contributed by atoms with Crippen LogP contribution in [0.5, 0.6) is 0 Å². The number of rotatable bonds is 3. The van der Waals surface area contributed by atoms with E-state index in [0.717, 1.165) is 18.4 Å². The second-order valence-corrected chi connectivity index (χ2v) is 6.04. The van der Waals surface area contributed by atoms with Gasteiger partial charge in [-0.05, 0) is 30.5 Å². The molecule has 0 heterocycles. The average molecular weight is 317 g/mol. The lowest BCUT2D eigenvalue weighted by molar-refractivity contribution is -0.121. The van der Waals surface area contributed by atoms with Crippen LogP contribution in [0, 0.1) is 0 Å². The number of benzene rings is 1. The van der Waals surface area contributed by atoms with Crippen LogP contribution in [0.25, 0.3) is 0 Å². The summed E-state index contributed by atoms with van der Waals surface area (Å²) in [5, 5.41) is 3.74. The monoisotopic (exact) mass is 315 g/mol. The lowest BCUT2D eigenvalue weighted by Crippen LogP contribution is -2.38. The topological polar surface area (TPSA) is 29.1 Å². The van der Waals surface area contributed by atoms with E-state index in [0.29, 0.717) is 16.3 Å². The van der Waals surface area contributed by atoms with Crippen LogP contribution < -0.4 is 5.32 Å². The molecule has 2 rings (SSSR count). The molecule has 0 aliphatic heterocycles. The van der Waals surface area contributed by atoms with Gasteiger partial charge in [-0.2, -0.15) is 0 Å². The number of carbonyl (C=O) groups is 1. The number of hydrogen-bond donors (Lipinski definition) is 1. The van der Waals surface area contributed by atoms with Crippen molar-refractivity contribution in [3.63, 3.8) is 0 Å². The van der Waals surface area contributed by atoms with E-state index in [4.69, 9.17) is 11.6 Å². The highest BCUT2D eigenvalue weighted by Crippen LogP contribution is 2.25. The zero-order valence-electron chi connectivity index (χ0n) is 9.46. The van der Waals surface area contributed by atoms with E-state index in [1.165, 1.54) is 6.42 Å². The molecule has 0 radical (unpaired) electrons. The Labute approximate surface area is 115 Å². The summed E-state index contributed by atoms with van der Waals surface area (Å²) < 4.78 is 0. The number of carbonyl (C=O) groups excluding carboxylic acids is 1. The SMILES string of the molecule is O=C(Cc1cccc(Cl)c1)NC1CCCC1Br. The van der Waals surface area contributed by atoms with Crippen LogP contribution in [0.2, 0.25) is 5.02 Å². The molecule has 2 unspecified atom stereocenters. The fourth-order valence-electron chi connectivity index (χ4n) is 2.17. The van der Waals surface area contributed by atoms with E-state index in [9.17, 15) is 4.79 Å². The van der Waals surface area contributed by atoms with Crippen molar-refractivity contribution in [3.05, 3.63) is 34.9 Å². The Kier molecular flexibility index (Phi) is 4.46. The summed E-state index contributed by atoms with van der Waals surface area (Å²) in [7, 11) is 0. The highest BCUT2D eigenvalue weighted by atomic mass is 79.9. The summed E-state index contributed by atoms with van der Waals surface area (Å²) in [5.74, 6) is 0.0728. The van der Waals surface area contributed by atoms with E-state index in [1.54, 1.807) is 0 Å². The van der Waals surface area contributed by atoms with Gasteiger partial charge in [-0.1, -0.05) is 46.1 Å². The van der Waals surface area contributed by atoms with Gasteiger partial charge >= 0.3 is 0 Å². The van der Waals surface area contributed by atoms with Crippen LogP contribution in [-0.2, 0) is 11.2 Å². The molecule has 2 nitrogen and oxygen atoms in total. The molecule has 1 amide bonds. The van der Waals surface area contributed by atoms with Crippen LogP contribution in [-0.4, -0.2) is 16.8 Å². The Morgan fingerprint density at radius 2 is 2.29 bits per heavy atom. The molecule has 1 aromatic carbocycles. The van der Waals surface area contributed by atoms with Crippen LogP contribution in [0.3, 0.4) is 0 Å². The minimum absolute atomic E-state index is 0.0728. The van der Waals surface area contributed by atoms with Gasteiger partial charge in [0.1, 0.15) is 0 Å². The zero-order chi connectivity index (χ0) is 12.3. The molecule has 0 spiro atoms. The molecule has 1 aliphatic carbocycles. The van der Waals surface area contributed by atoms with Crippen molar-refractivity contribution in [2.45, 2.75) is 36.6 Å². The molecule has 0 saturated heterocycles. The molecular formula is C13H15BrClNO. The number of halogens is 2. The third-order valence-electron chi connectivity index (χ3n) is 3.03. The molecule has 1 saturated carbocycles. The average Bonchev–Trinajstić information content (AvgIpc) is 2.64. The standard InChI is InChI=1S/C13H15BrClNO/c14-11-5-2-6-12(11)16-13(17)8-9-3-1-4-10(15)7-9/h1,3-4,7,11-12H,2,5-6,8H2,(H,16,17). The number of alkyl halides is 1. The summed E-state index contributed by atoms with van der Waals surface area (Å²) in [6, 6.07) is 7.72. The minimum Gasteiger partial charge on any atom is -0.352 e. The van der Waals surface area contributed by atoms with Gasteiger partial charge in [-0.3, -0.25) is 4.79 Å². The first kappa shape index (κ1) is 12.9. The van der Waals surface area contributed by atoms with E-state index >= 15 is 0 Å². The normalized spacial score (nSPS) is 23.6. The first-order valence-corrected chi connectivity index (χ1v) is 7.12. The van der Waals surface area contributed by atoms with Gasteiger partial charge in [0.2, 0.25) is 5.91 Å². The Morgan fingerprint density at radius 3 is 2.94 bits per heavy atom. The van der Waals surface area contributed by atoms with Gasteiger partial charge in [0.05, 0.1) is 6.42 Å². The van der Waals surface area contributed by atoms with Gasteiger partial charge in [0.25, 0.3) is 0 Å². The Balaban J connectivity index is 1.89. The van der Waals surface area contributed by atoms with Crippen molar-refractivity contribution >= 4 is 33.4 Å². The summed E-state index contributed by atoms with van der Waals surface area (Å²) in [4.78, 5) is 12.3. The second-order valence-electron chi connectivity index (χ2n) is 4.43.